The first-order valence-electron chi connectivity index (χ1n) is 9.01. The predicted octanol–water partition coefficient (Wildman–Crippen LogP) is 2.55. The number of carboxylic acid groups (broad SMARTS) is 1. The summed E-state index contributed by atoms with van der Waals surface area (Å²) in [6.07, 6.45) is -1.50. The number of carbonyl (C=O) groups is 3. The van der Waals surface area contributed by atoms with E-state index in [1.54, 1.807) is 0 Å². The first kappa shape index (κ1) is 20.0. The summed E-state index contributed by atoms with van der Waals surface area (Å²) in [5.41, 5.74) is 9.33. The number of benzene rings is 2. The van der Waals surface area contributed by atoms with Crippen LogP contribution in [0.25, 0.3) is 11.1 Å². The average molecular weight is 392 g/mol. The lowest BCUT2D eigenvalue weighted by atomic mass is 9.98. The number of carboxylic acids is 1. The van der Waals surface area contributed by atoms with Gasteiger partial charge in [0.25, 0.3) is 0 Å². The zero-order valence-electron chi connectivity index (χ0n) is 15.8. The van der Waals surface area contributed by atoms with Gasteiger partial charge in [0.1, 0.15) is 6.61 Å². The Kier molecular flexibility index (Phi) is 5.84. The lowest BCUT2D eigenvalue weighted by Gasteiger charge is -2.23. The van der Waals surface area contributed by atoms with Gasteiger partial charge in [-0.2, -0.15) is 0 Å². The normalized spacial score (nSPS) is 12.7. The fourth-order valence-electron chi connectivity index (χ4n) is 3.51. The number of hydrogen-bond donors (Lipinski definition) is 2. The van der Waals surface area contributed by atoms with Crippen molar-refractivity contribution in [1.82, 2.24) is 4.90 Å². The van der Waals surface area contributed by atoms with Gasteiger partial charge >= 0.3 is 12.1 Å². The van der Waals surface area contributed by atoms with Crippen LogP contribution in [-0.2, 0) is 14.3 Å². The van der Waals surface area contributed by atoms with Gasteiger partial charge in [0.2, 0.25) is 5.91 Å². The molecule has 0 saturated heterocycles. The summed E-state index contributed by atoms with van der Waals surface area (Å²) in [5, 5.41) is 9.38. The van der Waals surface area contributed by atoms with Gasteiger partial charge in [-0.1, -0.05) is 54.5 Å². The van der Waals surface area contributed by atoms with E-state index in [0.29, 0.717) is 4.90 Å². The van der Waals surface area contributed by atoms with Crippen molar-refractivity contribution in [1.29, 1.82) is 0 Å². The standard InChI is InChI=1S/C22H20N2O5/c1-2-11-24(19(21(26)27)12-20(23)25)22(28)29-13-18-16-9-5-3-7-14(16)15-8-4-6-10-17(15)18/h3-10,18-19H,12-13H2,1H3,(H2,23,25)(H,26,27). The van der Waals surface area contributed by atoms with Crippen molar-refractivity contribution in [2.45, 2.75) is 25.3 Å². The summed E-state index contributed by atoms with van der Waals surface area (Å²) >= 11 is 0. The van der Waals surface area contributed by atoms with Crippen molar-refractivity contribution in [3.05, 3.63) is 59.7 Å². The summed E-state index contributed by atoms with van der Waals surface area (Å²) in [6, 6.07) is 16.6. The Labute approximate surface area is 168 Å². The minimum atomic E-state index is -1.52. The molecule has 3 N–H and O–H groups in total. The van der Waals surface area contributed by atoms with Crippen LogP contribution in [0.2, 0.25) is 0 Å². The highest BCUT2D eigenvalue weighted by Gasteiger charge is 2.34. The minimum Gasteiger partial charge on any atom is -0.480 e. The molecule has 2 amide bonds. The Bertz CT molecular complexity index is 976. The van der Waals surface area contributed by atoms with Gasteiger partial charge in [0, 0.05) is 12.0 Å². The van der Waals surface area contributed by atoms with Crippen LogP contribution < -0.4 is 5.73 Å². The fourth-order valence-corrected chi connectivity index (χ4v) is 3.51. The molecular formula is C22H20N2O5. The van der Waals surface area contributed by atoms with Gasteiger partial charge in [0.05, 0.1) is 6.42 Å². The summed E-state index contributed by atoms with van der Waals surface area (Å²) < 4.78 is 5.44. The van der Waals surface area contributed by atoms with E-state index in [1.165, 1.54) is 6.92 Å². The molecule has 148 valence electrons. The third-order valence-corrected chi connectivity index (χ3v) is 4.76. The van der Waals surface area contributed by atoms with Crippen LogP contribution in [0, 0.1) is 12.0 Å². The van der Waals surface area contributed by atoms with Crippen LogP contribution in [0.5, 0.6) is 0 Å². The van der Waals surface area contributed by atoms with Crippen LogP contribution in [-0.4, -0.2) is 40.6 Å². The molecule has 0 heterocycles. The second kappa shape index (κ2) is 8.48. The number of carbonyl (C=O) groups excluding carboxylic acids is 2. The SMILES string of the molecule is CC#CN(C(=O)OCC1c2ccccc2-c2ccccc21)C(CC(N)=O)C(=O)O. The number of nitrogens with two attached hydrogens (primary N) is 1. The summed E-state index contributed by atoms with van der Waals surface area (Å²) in [4.78, 5) is 36.1. The van der Waals surface area contributed by atoms with Crippen molar-refractivity contribution in [3.63, 3.8) is 0 Å². The number of rotatable bonds is 6. The molecule has 1 unspecified atom stereocenters. The van der Waals surface area contributed by atoms with E-state index >= 15 is 0 Å². The molecule has 0 bridgehead atoms. The van der Waals surface area contributed by atoms with Crippen LogP contribution >= 0.6 is 0 Å². The number of fused-ring (bicyclic) bond motifs is 3. The molecule has 1 aliphatic rings. The topological polar surface area (TPSA) is 110 Å². The van der Waals surface area contributed by atoms with Gasteiger partial charge < -0.3 is 15.6 Å². The maximum absolute atomic E-state index is 12.6. The number of primary amides is 1. The van der Waals surface area contributed by atoms with E-state index in [1.807, 2.05) is 48.5 Å². The first-order valence-corrected chi connectivity index (χ1v) is 9.01. The summed E-state index contributed by atoms with van der Waals surface area (Å²) in [5.74, 6) is 0.0540. The Morgan fingerprint density at radius 2 is 1.66 bits per heavy atom. The lowest BCUT2D eigenvalue weighted by Crippen LogP contribution is -2.44. The molecule has 0 aliphatic heterocycles. The highest BCUT2D eigenvalue weighted by molar-refractivity contribution is 5.87. The smallest absolute Gasteiger partial charge is 0.422 e. The highest BCUT2D eigenvalue weighted by Crippen LogP contribution is 2.44. The zero-order valence-corrected chi connectivity index (χ0v) is 15.8. The Morgan fingerprint density at radius 3 is 2.14 bits per heavy atom. The predicted molar refractivity (Wildman–Crippen MR) is 106 cm³/mol. The number of aliphatic carboxylic acids is 1. The quantitative estimate of drug-likeness (QED) is 0.580. The summed E-state index contributed by atoms with van der Waals surface area (Å²) in [7, 11) is 0. The maximum Gasteiger partial charge on any atom is 0.422 e. The van der Waals surface area contributed by atoms with Crippen molar-refractivity contribution in [2.75, 3.05) is 6.61 Å². The van der Waals surface area contributed by atoms with Crippen LogP contribution in [0.1, 0.15) is 30.4 Å². The molecule has 2 aromatic rings. The van der Waals surface area contributed by atoms with E-state index in [2.05, 4.69) is 12.0 Å². The van der Waals surface area contributed by atoms with E-state index in [4.69, 9.17) is 10.5 Å². The van der Waals surface area contributed by atoms with E-state index in [9.17, 15) is 19.5 Å². The molecular weight excluding hydrogens is 372 g/mol. The van der Waals surface area contributed by atoms with Crippen LogP contribution in [0.4, 0.5) is 4.79 Å². The zero-order chi connectivity index (χ0) is 21.0. The van der Waals surface area contributed by atoms with Crippen LogP contribution in [0.15, 0.2) is 48.5 Å². The highest BCUT2D eigenvalue weighted by atomic mass is 16.6. The van der Waals surface area contributed by atoms with E-state index in [-0.39, 0.29) is 12.5 Å². The molecule has 3 rings (SSSR count). The summed E-state index contributed by atoms with van der Waals surface area (Å²) in [6.45, 7) is 1.46. The third-order valence-electron chi connectivity index (χ3n) is 4.76. The van der Waals surface area contributed by atoms with Gasteiger partial charge in [-0.3, -0.25) is 4.79 Å². The van der Waals surface area contributed by atoms with Gasteiger partial charge in [-0.15, -0.1) is 0 Å². The minimum absolute atomic E-state index is 0.0116. The number of amides is 2. The Hall–Kier alpha value is -3.79. The molecule has 7 heteroatoms. The molecule has 1 aliphatic carbocycles. The second-order valence-electron chi connectivity index (χ2n) is 6.56. The number of ether oxygens (including phenoxy) is 1. The van der Waals surface area contributed by atoms with Gasteiger partial charge in [-0.05, 0) is 29.2 Å². The third kappa shape index (κ3) is 4.06. The molecule has 0 saturated carbocycles. The Morgan fingerprint density at radius 1 is 1.10 bits per heavy atom. The number of nitrogens with zero attached hydrogens (tertiary/aromatic N) is 1. The molecule has 1 atom stereocenters. The van der Waals surface area contributed by atoms with E-state index in [0.717, 1.165) is 22.3 Å². The number of hydrogen-bond acceptors (Lipinski definition) is 4. The first-order chi connectivity index (χ1) is 13.9. The van der Waals surface area contributed by atoms with Crippen molar-refractivity contribution in [2.24, 2.45) is 5.73 Å². The molecule has 2 aromatic carbocycles. The largest absolute Gasteiger partial charge is 0.480 e. The molecule has 0 spiro atoms. The van der Waals surface area contributed by atoms with Crippen molar-refractivity contribution in [3.8, 4) is 23.1 Å². The molecule has 29 heavy (non-hydrogen) atoms. The van der Waals surface area contributed by atoms with Crippen molar-refractivity contribution < 1.29 is 24.2 Å². The van der Waals surface area contributed by atoms with Gasteiger partial charge in [0.15, 0.2) is 6.04 Å². The monoisotopic (exact) mass is 392 g/mol. The molecule has 0 radical (unpaired) electrons. The molecule has 0 aromatic heterocycles. The molecule has 7 nitrogen and oxygen atoms in total. The van der Waals surface area contributed by atoms with Gasteiger partial charge in [-0.25, -0.2) is 14.5 Å². The second-order valence-corrected chi connectivity index (χ2v) is 6.56. The van der Waals surface area contributed by atoms with Crippen LogP contribution in [0.3, 0.4) is 0 Å². The Balaban J connectivity index is 1.82. The maximum atomic E-state index is 12.6. The van der Waals surface area contributed by atoms with Crippen molar-refractivity contribution >= 4 is 18.0 Å². The fraction of sp³-hybridized carbons (Fsp3) is 0.227. The average Bonchev–Trinajstić information content (AvgIpc) is 3.02. The lowest BCUT2D eigenvalue weighted by molar-refractivity contribution is -0.143. The molecule has 0 fully saturated rings. The van der Waals surface area contributed by atoms with E-state index < -0.39 is 30.4 Å².